The Morgan fingerprint density at radius 2 is 2.00 bits per heavy atom. The summed E-state index contributed by atoms with van der Waals surface area (Å²) in [6.45, 7) is 1.57. The molecule has 3 atom stereocenters. The van der Waals surface area contributed by atoms with Crippen LogP contribution in [0.15, 0.2) is 28.7 Å². The standard InChI is InChI=1S/C15H18BrNO2/c16-12-4-1-10(2-5-12)7-15(19)17-8-11-3-6-14(18)13(11)9-17/h1-2,4-5,11,13-14,18H,3,6-9H2. The maximum absolute atomic E-state index is 12.3. The molecule has 1 amide bonds. The molecule has 1 aromatic carbocycles. The molecule has 19 heavy (non-hydrogen) atoms. The third-order valence-electron chi connectivity index (χ3n) is 4.44. The topological polar surface area (TPSA) is 40.5 Å². The molecule has 1 N–H and O–H groups in total. The minimum absolute atomic E-state index is 0.184. The molecule has 0 aromatic heterocycles. The van der Waals surface area contributed by atoms with Crippen LogP contribution in [0.2, 0.25) is 0 Å². The van der Waals surface area contributed by atoms with Gasteiger partial charge in [0.05, 0.1) is 12.5 Å². The number of halogens is 1. The lowest BCUT2D eigenvalue weighted by atomic mass is 10.00. The Bertz CT molecular complexity index is 474. The van der Waals surface area contributed by atoms with Crippen molar-refractivity contribution in [3.8, 4) is 0 Å². The number of carbonyl (C=O) groups is 1. The zero-order valence-electron chi connectivity index (χ0n) is 10.8. The average molecular weight is 324 g/mol. The summed E-state index contributed by atoms with van der Waals surface area (Å²) in [5.41, 5.74) is 1.05. The smallest absolute Gasteiger partial charge is 0.227 e. The summed E-state index contributed by atoms with van der Waals surface area (Å²) in [6.07, 6.45) is 2.23. The van der Waals surface area contributed by atoms with Crippen molar-refractivity contribution < 1.29 is 9.90 Å². The van der Waals surface area contributed by atoms with E-state index in [1.807, 2.05) is 29.2 Å². The van der Waals surface area contributed by atoms with E-state index in [1.54, 1.807) is 0 Å². The van der Waals surface area contributed by atoms with Crippen molar-refractivity contribution in [1.82, 2.24) is 4.90 Å². The van der Waals surface area contributed by atoms with Crippen LogP contribution in [-0.2, 0) is 11.2 Å². The average Bonchev–Trinajstić information content (AvgIpc) is 2.95. The minimum Gasteiger partial charge on any atom is -0.393 e. The molecule has 1 aromatic rings. The fourth-order valence-corrected chi connectivity index (χ4v) is 3.59. The molecule has 2 fully saturated rings. The van der Waals surface area contributed by atoms with E-state index in [-0.39, 0.29) is 12.0 Å². The van der Waals surface area contributed by atoms with E-state index in [4.69, 9.17) is 0 Å². The Hall–Kier alpha value is -0.870. The molecule has 3 nitrogen and oxygen atoms in total. The van der Waals surface area contributed by atoms with Gasteiger partial charge in [-0.15, -0.1) is 0 Å². The summed E-state index contributed by atoms with van der Waals surface area (Å²) < 4.78 is 1.03. The quantitative estimate of drug-likeness (QED) is 0.906. The number of nitrogens with zero attached hydrogens (tertiary/aromatic N) is 1. The highest BCUT2D eigenvalue weighted by Gasteiger charge is 2.43. The Labute approximate surface area is 121 Å². The van der Waals surface area contributed by atoms with Gasteiger partial charge in [-0.05, 0) is 36.5 Å². The van der Waals surface area contributed by atoms with Gasteiger partial charge in [-0.25, -0.2) is 0 Å². The van der Waals surface area contributed by atoms with Gasteiger partial charge < -0.3 is 10.0 Å². The molecule has 4 heteroatoms. The van der Waals surface area contributed by atoms with Crippen molar-refractivity contribution in [2.75, 3.05) is 13.1 Å². The van der Waals surface area contributed by atoms with E-state index in [0.29, 0.717) is 18.3 Å². The lowest BCUT2D eigenvalue weighted by Crippen LogP contribution is -2.32. The second kappa shape index (κ2) is 5.25. The van der Waals surface area contributed by atoms with Crippen molar-refractivity contribution in [2.24, 2.45) is 11.8 Å². The first kappa shape index (κ1) is 13.1. The zero-order chi connectivity index (χ0) is 13.4. The first-order valence-corrected chi connectivity index (χ1v) is 7.63. The van der Waals surface area contributed by atoms with E-state index >= 15 is 0 Å². The number of fused-ring (bicyclic) bond motifs is 1. The summed E-state index contributed by atoms with van der Waals surface area (Å²) in [5.74, 6) is 1.02. The van der Waals surface area contributed by atoms with Crippen molar-refractivity contribution in [3.63, 3.8) is 0 Å². The second-order valence-electron chi connectivity index (χ2n) is 5.67. The van der Waals surface area contributed by atoms with E-state index in [0.717, 1.165) is 36.0 Å². The lowest BCUT2D eigenvalue weighted by Gasteiger charge is -2.18. The third-order valence-corrected chi connectivity index (χ3v) is 4.97. The molecule has 0 radical (unpaired) electrons. The molecule has 102 valence electrons. The Morgan fingerprint density at radius 1 is 1.26 bits per heavy atom. The SMILES string of the molecule is O=C(Cc1ccc(Br)cc1)N1CC2CCC(O)C2C1. The molecule has 2 aliphatic rings. The highest BCUT2D eigenvalue weighted by atomic mass is 79.9. The van der Waals surface area contributed by atoms with Crippen LogP contribution in [0.3, 0.4) is 0 Å². The van der Waals surface area contributed by atoms with Crippen LogP contribution < -0.4 is 0 Å². The van der Waals surface area contributed by atoms with Gasteiger partial charge in [0.2, 0.25) is 5.91 Å². The monoisotopic (exact) mass is 323 g/mol. The first-order chi connectivity index (χ1) is 9.13. The molecule has 1 aliphatic heterocycles. The highest BCUT2D eigenvalue weighted by molar-refractivity contribution is 9.10. The minimum atomic E-state index is -0.199. The number of hydrogen-bond acceptors (Lipinski definition) is 2. The predicted molar refractivity (Wildman–Crippen MR) is 76.6 cm³/mol. The molecule has 1 saturated heterocycles. The van der Waals surface area contributed by atoms with Crippen molar-refractivity contribution in [1.29, 1.82) is 0 Å². The number of aliphatic hydroxyl groups is 1. The second-order valence-corrected chi connectivity index (χ2v) is 6.59. The van der Waals surface area contributed by atoms with Crippen LogP contribution >= 0.6 is 15.9 Å². The molecular formula is C15H18BrNO2. The molecule has 1 saturated carbocycles. The Kier molecular flexibility index (Phi) is 3.63. The summed E-state index contributed by atoms with van der Waals surface area (Å²) >= 11 is 3.39. The number of amides is 1. The van der Waals surface area contributed by atoms with Gasteiger partial charge in [0.25, 0.3) is 0 Å². The van der Waals surface area contributed by atoms with Crippen LogP contribution in [0.25, 0.3) is 0 Å². The molecule has 3 unspecified atom stereocenters. The van der Waals surface area contributed by atoms with Gasteiger partial charge in [0.1, 0.15) is 0 Å². The van der Waals surface area contributed by atoms with Crippen LogP contribution in [0.1, 0.15) is 18.4 Å². The Morgan fingerprint density at radius 3 is 2.68 bits per heavy atom. The maximum Gasteiger partial charge on any atom is 0.227 e. The van der Waals surface area contributed by atoms with Crippen LogP contribution in [0, 0.1) is 11.8 Å². The fourth-order valence-electron chi connectivity index (χ4n) is 3.33. The molecule has 1 aliphatic carbocycles. The van der Waals surface area contributed by atoms with Gasteiger partial charge in [0, 0.05) is 23.5 Å². The predicted octanol–water partition coefficient (Wildman–Crippen LogP) is 2.22. The number of aliphatic hydroxyl groups excluding tert-OH is 1. The van der Waals surface area contributed by atoms with Crippen LogP contribution in [-0.4, -0.2) is 35.1 Å². The molecule has 0 bridgehead atoms. The highest BCUT2D eigenvalue weighted by Crippen LogP contribution is 2.38. The van der Waals surface area contributed by atoms with E-state index in [1.165, 1.54) is 0 Å². The van der Waals surface area contributed by atoms with Gasteiger partial charge in [-0.1, -0.05) is 28.1 Å². The summed E-state index contributed by atoms with van der Waals surface area (Å²) in [6, 6.07) is 7.89. The van der Waals surface area contributed by atoms with Gasteiger partial charge in [0.15, 0.2) is 0 Å². The van der Waals surface area contributed by atoms with E-state index in [9.17, 15) is 9.90 Å². The van der Waals surface area contributed by atoms with Crippen molar-refractivity contribution in [3.05, 3.63) is 34.3 Å². The van der Waals surface area contributed by atoms with E-state index < -0.39 is 0 Å². The van der Waals surface area contributed by atoms with Crippen LogP contribution in [0.4, 0.5) is 0 Å². The number of rotatable bonds is 2. The molecular weight excluding hydrogens is 306 g/mol. The first-order valence-electron chi connectivity index (χ1n) is 6.84. The van der Waals surface area contributed by atoms with Crippen molar-refractivity contribution in [2.45, 2.75) is 25.4 Å². The van der Waals surface area contributed by atoms with Gasteiger partial charge in [-0.3, -0.25) is 4.79 Å². The number of benzene rings is 1. The van der Waals surface area contributed by atoms with E-state index in [2.05, 4.69) is 15.9 Å². The van der Waals surface area contributed by atoms with Crippen molar-refractivity contribution >= 4 is 21.8 Å². The molecule has 0 spiro atoms. The number of likely N-dealkylation sites (tertiary alicyclic amines) is 1. The largest absolute Gasteiger partial charge is 0.393 e. The van der Waals surface area contributed by atoms with Gasteiger partial charge in [-0.2, -0.15) is 0 Å². The maximum atomic E-state index is 12.3. The third kappa shape index (κ3) is 2.70. The molecule has 3 rings (SSSR count). The zero-order valence-corrected chi connectivity index (χ0v) is 12.3. The number of hydrogen-bond donors (Lipinski definition) is 1. The summed E-state index contributed by atoms with van der Waals surface area (Å²) in [7, 11) is 0. The Balaban J connectivity index is 1.61. The lowest BCUT2D eigenvalue weighted by molar-refractivity contribution is -0.129. The summed E-state index contributed by atoms with van der Waals surface area (Å²) in [5, 5.41) is 9.88. The van der Waals surface area contributed by atoms with Crippen LogP contribution in [0.5, 0.6) is 0 Å². The molecule has 1 heterocycles. The summed E-state index contributed by atoms with van der Waals surface area (Å²) in [4.78, 5) is 14.2. The fraction of sp³-hybridized carbons (Fsp3) is 0.533. The number of carbonyl (C=O) groups excluding carboxylic acids is 1. The van der Waals surface area contributed by atoms with Gasteiger partial charge >= 0.3 is 0 Å². The normalized spacial score (nSPS) is 29.6.